The van der Waals surface area contributed by atoms with Gasteiger partial charge in [-0.2, -0.15) is 0 Å². The van der Waals surface area contributed by atoms with Gasteiger partial charge in [-0.1, -0.05) is 54.1 Å². The van der Waals surface area contributed by atoms with Crippen molar-refractivity contribution in [3.05, 3.63) is 95.0 Å². The number of nitrogens with zero attached hydrogens (tertiary/aromatic N) is 2. The molecule has 2 aliphatic carbocycles. The number of benzene rings is 3. The van der Waals surface area contributed by atoms with Crippen molar-refractivity contribution in [1.82, 2.24) is 4.98 Å². The van der Waals surface area contributed by atoms with E-state index in [4.69, 9.17) is 21.3 Å². The molecule has 1 aliphatic heterocycles. The number of carbonyl (C=O) groups is 4. The van der Waals surface area contributed by atoms with Gasteiger partial charge in [-0.25, -0.2) is 9.78 Å². The number of aromatic nitrogens is 1. The predicted molar refractivity (Wildman–Crippen MR) is 158 cm³/mol. The molecule has 210 valence electrons. The molecule has 3 fully saturated rings. The monoisotopic (exact) mass is 578 g/mol. The number of rotatable bonds is 6. The maximum Gasteiger partial charge on any atom is 0.339 e. The molecule has 0 N–H and O–H groups in total. The van der Waals surface area contributed by atoms with Crippen LogP contribution in [-0.4, -0.2) is 34.7 Å². The summed E-state index contributed by atoms with van der Waals surface area (Å²) in [4.78, 5) is 58.9. The Morgan fingerprint density at radius 1 is 0.905 bits per heavy atom. The number of hydrogen-bond acceptors (Lipinski definition) is 6. The number of fused-ring (bicyclic) bond motifs is 6. The van der Waals surface area contributed by atoms with Crippen LogP contribution in [0.1, 0.15) is 46.9 Å². The third-order valence-corrected chi connectivity index (χ3v) is 9.28. The van der Waals surface area contributed by atoms with E-state index in [0.29, 0.717) is 50.3 Å². The zero-order valence-electron chi connectivity index (χ0n) is 22.8. The van der Waals surface area contributed by atoms with Crippen LogP contribution < -0.4 is 4.90 Å². The number of amides is 2. The Balaban J connectivity index is 1.16. The van der Waals surface area contributed by atoms with Gasteiger partial charge in [0.2, 0.25) is 17.6 Å². The van der Waals surface area contributed by atoms with E-state index in [0.717, 1.165) is 19.3 Å². The van der Waals surface area contributed by atoms with E-state index < -0.39 is 12.1 Å². The average Bonchev–Trinajstić information content (AvgIpc) is 3.69. The summed E-state index contributed by atoms with van der Waals surface area (Å²) in [6.07, 6.45) is 2.02. The Bertz CT molecular complexity index is 1760. The summed E-state index contributed by atoms with van der Waals surface area (Å²) in [5.41, 5.74) is 3.01. The molecule has 7 nitrogen and oxygen atoms in total. The van der Waals surface area contributed by atoms with Crippen molar-refractivity contribution in [3.63, 3.8) is 0 Å². The van der Waals surface area contributed by atoms with Crippen molar-refractivity contribution in [2.45, 2.75) is 32.3 Å². The van der Waals surface area contributed by atoms with Crippen LogP contribution in [0, 0.1) is 23.7 Å². The second-order valence-corrected chi connectivity index (χ2v) is 11.9. The molecule has 2 bridgehead atoms. The van der Waals surface area contributed by atoms with E-state index in [1.165, 1.54) is 17.9 Å². The number of Topliss-reactive ketones (excluding diaryl/α,β-unsaturated/α-hetero) is 1. The van der Waals surface area contributed by atoms with Crippen LogP contribution in [-0.2, 0) is 14.3 Å². The standard InChI is InChI=1S/C34H27ClN2O5/c1-18(31(38)22-5-4-6-23(35)16-22)42-34(41)26-17-28(36-27-8-3-2-7-25(26)27)19-11-13-24(14-12-19)37-32(39)29-20-9-10-21(15-20)30(29)33(37)40/h2-8,11-14,16-18,20-21,29-30H,9-10,15H2,1H3/t18-,20-,21-,29+,30+/m0/s1. The van der Waals surface area contributed by atoms with Crippen LogP contribution in [0.25, 0.3) is 22.2 Å². The SMILES string of the molecule is C[C@H](OC(=O)c1cc(-c2ccc(N3C(=O)[C@@H]4[C@H]5CC[C@@H](C5)[C@H]4C3=O)cc2)nc2ccccc12)C(=O)c1cccc(Cl)c1. The fourth-order valence-electron chi connectivity index (χ4n) is 7.09. The molecule has 0 unspecified atom stereocenters. The quantitative estimate of drug-likeness (QED) is 0.147. The lowest BCUT2D eigenvalue weighted by Gasteiger charge is -2.19. The van der Waals surface area contributed by atoms with Crippen LogP contribution in [0.3, 0.4) is 0 Å². The zero-order valence-corrected chi connectivity index (χ0v) is 23.6. The summed E-state index contributed by atoms with van der Waals surface area (Å²) in [5, 5.41) is 1.02. The van der Waals surface area contributed by atoms with Crippen molar-refractivity contribution >= 4 is 51.8 Å². The topological polar surface area (TPSA) is 93.6 Å². The van der Waals surface area contributed by atoms with Crippen LogP contribution >= 0.6 is 11.6 Å². The van der Waals surface area contributed by atoms with Gasteiger partial charge in [0.15, 0.2) is 6.10 Å². The minimum atomic E-state index is -1.03. The Kier molecular flexibility index (Phi) is 6.43. The smallest absolute Gasteiger partial charge is 0.339 e. The third kappa shape index (κ3) is 4.31. The number of anilines is 1. The maximum absolute atomic E-state index is 13.4. The number of pyridine rings is 1. The van der Waals surface area contributed by atoms with Gasteiger partial charge >= 0.3 is 5.97 Å². The molecule has 2 saturated carbocycles. The number of halogens is 1. The number of carbonyl (C=O) groups excluding carboxylic acids is 4. The highest BCUT2D eigenvalue weighted by Gasteiger charge is 2.61. The number of ether oxygens (including phenoxy) is 1. The van der Waals surface area contributed by atoms with Crippen LogP contribution in [0.2, 0.25) is 5.02 Å². The number of para-hydroxylation sites is 1. The lowest BCUT2D eigenvalue weighted by atomic mass is 9.81. The Morgan fingerprint density at radius 3 is 2.29 bits per heavy atom. The Morgan fingerprint density at radius 2 is 1.60 bits per heavy atom. The van der Waals surface area contributed by atoms with Crippen LogP contribution in [0.5, 0.6) is 0 Å². The number of hydrogen-bond donors (Lipinski definition) is 0. The lowest BCUT2D eigenvalue weighted by Crippen LogP contribution is -2.32. The highest BCUT2D eigenvalue weighted by molar-refractivity contribution is 6.31. The normalized spacial score (nSPS) is 23.3. The molecule has 8 heteroatoms. The number of imide groups is 1. The van der Waals surface area contributed by atoms with E-state index in [9.17, 15) is 19.2 Å². The van der Waals surface area contributed by atoms with Crippen LogP contribution in [0.15, 0.2) is 78.9 Å². The van der Waals surface area contributed by atoms with Crippen molar-refractivity contribution in [2.75, 3.05) is 4.90 Å². The van der Waals surface area contributed by atoms with Crippen molar-refractivity contribution in [2.24, 2.45) is 23.7 Å². The van der Waals surface area contributed by atoms with Gasteiger partial charge in [-0.05, 0) is 74.4 Å². The molecule has 2 amide bonds. The molecule has 3 aromatic carbocycles. The minimum Gasteiger partial charge on any atom is -0.451 e. The van der Waals surface area contributed by atoms with Crippen molar-refractivity contribution in [3.8, 4) is 11.3 Å². The summed E-state index contributed by atoms with van der Waals surface area (Å²) in [6, 6.07) is 22.5. The van der Waals surface area contributed by atoms with E-state index in [-0.39, 0.29) is 35.0 Å². The summed E-state index contributed by atoms with van der Waals surface area (Å²) < 4.78 is 5.62. The Labute approximate surface area is 247 Å². The highest BCUT2D eigenvalue weighted by atomic mass is 35.5. The highest BCUT2D eigenvalue weighted by Crippen LogP contribution is 2.56. The van der Waals surface area contributed by atoms with E-state index in [2.05, 4.69) is 0 Å². The first kappa shape index (κ1) is 26.5. The molecule has 5 atom stereocenters. The molecule has 3 aliphatic rings. The first-order chi connectivity index (χ1) is 20.3. The van der Waals surface area contributed by atoms with Gasteiger partial charge in [0.05, 0.1) is 34.3 Å². The summed E-state index contributed by atoms with van der Waals surface area (Å²) in [6.45, 7) is 1.53. The first-order valence-corrected chi connectivity index (χ1v) is 14.6. The Hall–Kier alpha value is -4.36. The third-order valence-electron chi connectivity index (χ3n) is 9.05. The van der Waals surface area contributed by atoms with E-state index >= 15 is 0 Å². The molecular formula is C34H27ClN2O5. The van der Waals surface area contributed by atoms with Gasteiger partial charge in [0.25, 0.3) is 0 Å². The van der Waals surface area contributed by atoms with Crippen molar-refractivity contribution < 1.29 is 23.9 Å². The molecule has 4 aromatic rings. The van der Waals surface area contributed by atoms with Gasteiger partial charge in [-0.3, -0.25) is 19.3 Å². The second-order valence-electron chi connectivity index (χ2n) is 11.4. The lowest BCUT2D eigenvalue weighted by molar-refractivity contribution is -0.123. The van der Waals surface area contributed by atoms with Gasteiger partial charge < -0.3 is 4.74 Å². The summed E-state index contributed by atoms with van der Waals surface area (Å²) in [5.74, 6) is -0.888. The fourth-order valence-corrected chi connectivity index (χ4v) is 7.28. The largest absolute Gasteiger partial charge is 0.451 e. The van der Waals surface area contributed by atoms with Gasteiger partial charge in [0, 0.05) is 21.5 Å². The molecule has 2 heterocycles. The average molecular weight is 579 g/mol. The summed E-state index contributed by atoms with van der Waals surface area (Å²) >= 11 is 6.03. The van der Waals surface area contributed by atoms with E-state index in [1.54, 1.807) is 66.7 Å². The summed E-state index contributed by atoms with van der Waals surface area (Å²) in [7, 11) is 0. The molecule has 7 rings (SSSR count). The zero-order chi connectivity index (χ0) is 29.1. The molecule has 0 radical (unpaired) electrons. The van der Waals surface area contributed by atoms with Crippen LogP contribution in [0.4, 0.5) is 5.69 Å². The molecule has 42 heavy (non-hydrogen) atoms. The van der Waals surface area contributed by atoms with Gasteiger partial charge in [-0.15, -0.1) is 0 Å². The molecule has 0 spiro atoms. The first-order valence-electron chi connectivity index (χ1n) is 14.2. The minimum absolute atomic E-state index is 0.0831. The van der Waals surface area contributed by atoms with E-state index in [1.807, 2.05) is 6.07 Å². The number of ketones is 1. The number of esters is 1. The predicted octanol–water partition coefficient (Wildman–Crippen LogP) is 6.52. The van der Waals surface area contributed by atoms with Gasteiger partial charge in [0.1, 0.15) is 0 Å². The fraction of sp³-hybridized carbons (Fsp3) is 0.265. The second kappa shape index (κ2) is 10.2. The maximum atomic E-state index is 13.4. The van der Waals surface area contributed by atoms with Crippen molar-refractivity contribution in [1.29, 1.82) is 0 Å². The molecule has 1 saturated heterocycles. The molecular weight excluding hydrogens is 552 g/mol. The molecule has 1 aromatic heterocycles.